The number of benzene rings is 4. The number of rotatable bonds is 11. The van der Waals surface area contributed by atoms with Crippen molar-refractivity contribution in [2.45, 2.75) is 38.9 Å². The van der Waals surface area contributed by atoms with Gasteiger partial charge in [0.2, 0.25) is 10.0 Å². The first-order valence-electron chi connectivity index (χ1n) is 14.6. The number of methoxy groups -OCH3 is 1. The second-order valence-electron chi connectivity index (χ2n) is 11.1. The van der Waals surface area contributed by atoms with Crippen LogP contribution in [0.2, 0.25) is 0 Å². The number of halogens is 1. The molecule has 5 aromatic rings. The Bertz CT molecular complexity index is 2030. The van der Waals surface area contributed by atoms with Crippen LogP contribution in [0.4, 0.5) is 10.1 Å². The van der Waals surface area contributed by atoms with Crippen LogP contribution in [0.25, 0.3) is 33.1 Å². The zero-order valence-electron chi connectivity index (χ0n) is 26.0. The highest BCUT2D eigenvalue weighted by Crippen LogP contribution is 2.40. The molecule has 0 aliphatic carbocycles. The van der Waals surface area contributed by atoms with Gasteiger partial charge >= 0.3 is 11.9 Å². The number of ether oxygens (including phenoxy) is 3. The van der Waals surface area contributed by atoms with Gasteiger partial charge in [0, 0.05) is 29.7 Å². The third-order valence-corrected chi connectivity index (χ3v) is 8.37. The normalized spacial score (nSPS) is 13.7. The Balaban J connectivity index is 1.55. The van der Waals surface area contributed by atoms with Crippen molar-refractivity contribution in [3.8, 4) is 11.3 Å². The Labute approximate surface area is 266 Å². The number of furan rings is 1. The van der Waals surface area contributed by atoms with Crippen LogP contribution in [0, 0.1) is 5.82 Å². The van der Waals surface area contributed by atoms with E-state index in [2.05, 4.69) is 4.72 Å². The van der Waals surface area contributed by atoms with Gasteiger partial charge in [-0.05, 0) is 67.4 Å². The number of carbonyl (C=O) groups is 2. The van der Waals surface area contributed by atoms with E-state index in [-0.39, 0.29) is 41.2 Å². The fraction of sp³-hybridized carbons (Fsp3) is 0.257. The molecule has 0 bridgehead atoms. The Morgan fingerprint density at radius 1 is 1.00 bits per heavy atom. The number of esters is 2. The molecule has 4 aromatic carbocycles. The van der Waals surface area contributed by atoms with Gasteiger partial charge in [-0.3, -0.25) is 9.52 Å². The zero-order chi connectivity index (χ0) is 33.2. The number of sulfonamides is 1. The van der Waals surface area contributed by atoms with Gasteiger partial charge in [-0.2, -0.15) is 0 Å². The second-order valence-corrected chi connectivity index (χ2v) is 12.9. The number of carbonyl (C=O) groups excluding carboxylic acids is 2. The first-order valence-corrected chi connectivity index (χ1v) is 16.5. The summed E-state index contributed by atoms with van der Waals surface area (Å²) in [6, 6.07) is 21.9. The third-order valence-electron chi connectivity index (χ3n) is 7.78. The van der Waals surface area contributed by atoms with Crippen LogP contribution in [0.5, 0.6) is 0 Å². The van der Waals surface area contributed by atoms with Crippen LogP contribution < -0.4 is 4.72 Å². The topological polar surface area (TPSA) is 121 Å². The van der Waals surface area contributed by atoms with Crippen molar-refractivity contribution >= 4 is 49.4 Å². The SMILES string of the molecule is CCOC(=O)c1c(-c2ccc(F)cc2)oc2cc(NS(C)(=O)=O)c([C@@H](C)OC(=O)CC(C)(OC)c3cccc4ccccc34)cc12. The maximum absolute atomic E-state index is 13.7. The summed E-state index contributed by atoms with van der Waals surface area (Å²) in [6.45, 7) is 5.14. The Hall–Kier alpha value is -4.74. The van der Waals surface area contributed by atoms with Crippen LogP contribution in [0.1, 0.15) is 54.8 Å². The molecule has 9 nitrogen and oxygen atoms in total. The highest BCUT2D eigenvalue weighted by Gasteiger charge is 2.33. The molecular formula is C35H34FNO8S. The first kappa shape index (κ1) is 32.6. The maximum Gasteiger partial charge on any atom is 0.342 e. The fourth-order valence-corrected chi connectivity index (χ4v) is 6.11. The average Bonchev–Trinajstić information content (AvgIpc) is 3.38. The number of nitrogens with one attached hydrogen (secondary N) is 1. The quantitative estimate of drug-likeness (QED) is 0.146. The van der Waals surface area contributed by atoms with Crippen molar-refractivity contribution in [1.29, 1.82) is 0 Å². The summed E-state index contributed by atoms with van der Waals surface area (Å²) < 4.78 is 64.0. The van der Waals surface area contributed by atoms with Gasteiger partial charge in [-0.15, -0.1) is 0 Å². The predicted molar refractivity (Wildman–Crippen MR) is 173 cm³/mol. The minimum Gasteiger partial charge on any atom is -0.462 e. The summed E-state index contributed by atoms with van der Waals surface area (Å²) in [5, 5.41) is 2.23. The molecule has 0 aliphatic rings. The van der Waals surface area contributed by atoms with Crippen LogP contribution >= 0.6 is 0 Å². The summed E-state index contributed by atoms with van der Waals surface area (Å²) >= 11 is 0. The smallest absolute Gasteiger partial charge is 0.342 e. The highest BCUT2D eigenvalue weighted by molar-refractivity contribution is 7.92. The van der Waals surface area contributed by atoms with E-state index in [1.165, 1.54) is 43.5 Å². The van der Waals surface area contributed by atoms with Gasteiger partial charge in [0.05, 0.1) is 25.0 Å². The minimum absolute atomic E-state index is 0.0667. The molecule has 1 aromatic heterocycles. The molecule has 0 fully saturated rings. The molecule has 1 heterocycles. The molecule has 2 atom stereocenters. The van der Waals surface area contributed by atoms with E-state index in [0.29, 0.717) is 10.9 Å². The lowest BCUT2D eigenvalue weighted by Gasteiger charge is -2.30. The van der Waals surface area contributed by atoms with Crippen LogP contribution in [-0.4, -0.2) is 40.3 Å². The second kappa shape index (κ2) is 12.9. The molecule has 1 unspecified atom stereocenters. The van der Waals surface area contributed by atoms with Crippen molar-refractivity contribution in [3.63, 3.8) is 0 Å². The van der Waals surface area contributed by atoms with Crippen molar-refractivity contribution in [2.24, 2.45) is 0 Å². The number of hydrogen-bond donors (Lipinski definition) is 1. The van der Waals surface area contributed by atoms with Gasteiger partial charge in [-0.1, -0.05) is 42.5 Å². The lowest BCUT2D eigenvalue weighted by molar-refractivity contribution is -0.155. The molecule has 0 radical (unpaired) electrons. The molecule has 0 amide bonds. The molecular weight excluding hydrogens is 613 g/mol. The minimum atomic E-state index is -3.79. The van der Waals surface area contributed by atoms with Gasteiger partial charge < -0.3 is 18.6 Å². The lowest BCUT2D eigenvalue weighted by atomic mass is 9.88. The zero-order valence-corrected chi connectivity index (χ0v) is 26.9. The molecule has 0 spiro atoms. The third kappa shape index (κ3) is 6.75. The molecule has 46 heavy (non-hydrogen) atoms. The van der Waals surface area contributed by atoms with E-state index in [4.69, 9.17) is 18.6 Å². The molecule has 0 saturated heterocycles. The monoisotopic (exact) mass is 647 g/mol. The van der Waals surface area contributed by atoms with E-state index in [1.807, 2.05) is 42.5 Å². The number of hydrogen-bond acceptors (Lipinski definition) is 8. The van der Waals surface area contributed by atoms with Crippen molar-refractivity contribution in [2.75, 3.05) is 24.7 Å². The predicted octanol–water partition coefficient (Wildman–Crippen LogP) is 7.50. The van der Waals surface area contributed by atoms with Crippen LogP contribution in [-0.2, 0) is 34.6 Å². The largest absolute Gasteiger partial charge is 0.462 e. The van der Waals surface area contributed by atoms with E-state index in [9.17, 15) is 22.4 Å². The maximum atomic E-state index is 13.7. The Kier molecular flexibility index (Phi) is 9.18. The van der Waals surface area contributed by atoms with Gasteiger partial charge in [0.15, 0.2) is 0 Å². The molecule has 11 heteroatoms. The summed E-state index contributed by atoms with van der Waals surface area (Å²) in [5.74, 6) is -1.64. The van der Waals surface area contributed by atoms with E-state index >= 15 is 0 Å². The van der Waals surface area contributed by atoms with E-state index < -0.39 is 39.5 Å². The average molecular weight is 648 g/mol. The highest BCUT2D eigenvalue weighted by atomic mass is 32.2. The van der Waals surface area contributed by atoms with Crippen molar-refractivity contribution < 1.29 is 41.0 Å². The number of fused-ring (bicyclic) bond motifs is 2. The van der Waals surface area contributed by atoms with Crippen molar-refractivity contribution in [3.05, 3.63) is 101 Å². The van der Waals surface area contributed by atoms with Crippen molar-refractivity contribution in [1.82, 2.24) is 0 Å². The standard InChI is InChI=1S/C35H34FNO8S/c1-6-43-34(39)32-27-18-26(29(37-46(5,40)41)19-30(27)45-33(32)23-14-16-24(36)17-15-23)21(2)44-31(38)20-35(3,42-4)28-13-9-11-22-10-7-8-12-25(22)28/h7-19,21,37H,6,20H2,1-5H3/t21-,35?/m1/s1. The summed E-state index contributed by atoms with van der Waals surface area (Å²) in [7, 11) is -2.27. The molecule has 240 valence electrons. The fourth-order valence-electron chi connectivity index (χ4n) is 5.54. The van der Waals surface area contributed by atoms with Gasteiger partial charge in [0.25, 0.3) is 0 Å². The van der Waals surface area contributed by atoms with Crippen LogP contribution in [0.15, 0.2) is 83.3 Å². The lowest BCUT2D eigenvalue weighted by Crippen LogP contribution is -2.29. The van der Waals surface area contributed by atoms with Gasteiger partial charge in [-0.25, -0.2) is 17.6 Å². The molecule has 0 aliphatic heterocycles. The van der Waals surface area contributed by atoms with Crippen LogP contribution in [0.3, 0.4) is 0 Å². The molecule has 5 rings (SSSR count). The summed E-state index contributed by atoms with van der Waals surface area (Å²) in [6.07, 6.45) is -0.135. The first-order chi connectivity index (χ1) is 21.8. The number of anilines is 1. The molecule has 0 saturated carbocycles. The summed E-state index contributed by atoms with van der Waals surface area (Å²) in [4.78, 5) is 26.7. The Morgan fingerprint density at radius 2 is 1.70 bits per heavy atom. The van der Waals surface area contributed by atoms with E-state index in [1.54, 1.807) is 20.8 Å². The summed E-state index contributed by atoms with van der Waals surface area (Å²) in [5.41, 5.74) is 0.772. The van der Waals surface area contributed by atoms with E-state index in [0.717, 1.165) is 22.6 Å². The molecule has 1 N–H and O–H groups in total. The Morgan fingerprint density at radius 3 is 2.37 bits per heavy atom. The van der Waals surface area contributed by atoms with Gasteiger partial charge in [0.1, 0.15) is 34.4 Å².